The Kier molecular flexibility index (Phi) is 3.29. The van der Waals surface area contributed by atoms with Gasteiger partial charge in [0.25, 0.3) is 0 Å². The first-order valence-electron chi connectivity index (χ1n) is 6.63. The van der Waals surface area contributed by atoms with Gasteiger partial charge < -0.3 is 4.74 Å². The van der Waals surface area contributed by atoms with Crippen molar-refractivity contribution in [1.29, 1.82) is 0 Å². The molecule has 1 unspecified atom stereocenters. The number of Topliss-reactive ketones (excluding diaryl/α,β-unsaturated/α-hetero) is 1. The fourth-order valence-corrected chi connectivity index (χ4v) is 3.00. The third kappa shape index (κ3) is 2.57. The molecule has 19 heavy (non-hydrogen) atoms. The lowest BCUT2D eigenvalue weighted by molar-refractivity contribution is -0.0712. The molecule has 1 aromatic rings. The van der Waals surface area contributed by atoms with Crippen LogP contribution in [0.3, 0.4) is 0 Å². The van der Waals surface area contributed by atoms with Crippen molar-refractivity contribution < 1.29 is 13.9 Å². The molecule has 0 N–H and O–H groups in total. The Balaban J connectivity index is 2.37. The number of hydrogen-bond donors (Lipinski definition) is 0. The Morgan fingerprint density at radius 1 is 1.32 bits per heavy atom. The first-order valence-corrected chi connectivity index (χ1v) is 6.63. The monoisotopic (exact) mass is 264 g/mol. The van der Waals surface area contributed by atoms with E-state index in [4.69, 9.17) is 4.74 Å². The maximum absolute atomic E-state index is 14.1. The normalized spacial score (nSPS) is 24.4. The van der Waals surface area contributed by atoms with Crippen molar-refractivity contribution in [2.75, 3.05) is 0 Å². The SMILES string of the molecule is Cc1cccc(C(=O)C2CC(C)(C)OC2(C)C)c1F. The Labute approximate surface area is 114 Å². The van der Waals surface area contributed by atoms with Gasteiger partial charge in [0.05, 0.1) is 22.7 Å². The van der Waals surface area contributed by atoms with E-state index in [1.165, 1.54) is 0 Å². The zero-order valence-electron chi connectivity index (χ0n) is 12.2. The number of hydrogen-bond acceptors (Lipinski definition) is 2. The largest absolute Gasteiger partial charge is 0.369 e. The lowest BCUT2D eigenvalue weighted by atomic mass is 9.81. The van der Waals surface area contributed by atoms with E-state index in [9.17, 15) is 9.18 Å². The van der Waals surface area contributed by atoms with Crippen LogP contribution in [0.1, 0.15) is 50.0 Å². The Morgan fingerprint density at radius 3 is 2.47 bits per heavy atom. The number of ether oxygens (including phenoxy) is 1. The zero-order chi connectivity index (χ0) is 14.4. The fraction of sp³-hybridized carbons (Fsp3) is 0.562. The maximum Gasteiger partial charge on any atom is 0.171 e. The molecule has 1 saturated heterocycles. The summed E-state index contributed by atoms with van der Waals surface area (Å²) < 4.78 is 20.0. The van der Waals surface area contributed by atoms with Crippen LogP contribution in [0.4, 0.5) is 4.39 Å². The van der Waals surface area contributed by atoms with Crippen LogP contribution >= 0.6 is 0 Å². The summed E-state index contributed by atoms with van der Waals surface area (Å²) in [6.07, 6.45) is 0.617. The predicted octanol–water partition coefficient (Wildman–Crippen LogP) is 3.91. The Hall–Kier alpha value is -1.22. The number of aryl methyl sites for hydroxylation is 1. The number of ketones is 1. The average Bonchev–Trinajstić information content (AvgIpc) is 2.50. The van der Waals surface area contributed by atoms with Crippen molar-refractivity contribution in [3.63, 3.8) is 0 Å². The summed E-state index contributed by atoms with van der Waals surface area (Å²) in [7, 11) is 0. The van der Waals surface area contributed by atoms with E-state index in [0.29, 0.717) is 12.0 Å². The van der Waals surface area contributed by atoms with E-state index in [-0.39, 0.29) is 22.9 Å². The summed E-state index contributed by atoms with van der Waals surface area (Å²) in [5.74, 6) is -0.872. The van der Waals surface area contributed by atoms with Gasteiger partial charge in [-0.25, -0.2) is 4.39 Å². The van der Waals surface area contributed by atoms with Gasteiger partial charge in [-0.1, -0.05) is 12.1 Å². The number of carbonyl (C=O) groups excluding carboxylic acids is 1. The quantitative estimate of drug-likeness (QED) is 0.757. The van der Waals surface area contributed by atoms with Gasteiger partial charge in [0.15, 0.2) is 5.78 Å². The first-order chi connectivity index (χ1) is 8.64. The molecule has 1 aromatic carbocycles. The molecule has 2 nitrogen and oxygen atoms in total. The summed E-state index contributed by atoms with van der Waals surface area (Å²) in [6.45, 7) is 9.41. The standard InChI is InChI=1S/C16H21FO2/c1-10-7-6-8-11(13(10)17)14(18)12-9-15(2,3)19-16(12,4)5/h6-8,12H,9H2,1-5H3. The minimum absolute atomic E-state index is 0.156. The van der Waals surface area contributed by atoms with Crippen LogP contribution in [0, 0.1) is 18.7 Å². The van der Waals surface area contributed by atoms with Gasteiger partial charge in [-0.2, -0.15) is 0 Å². The molecule has 0 bridgehead atoms. The molecule has 0 saturated carbocycles. The number of carbonyl (C=O) groups is 1. The highest BCUT2D eigenvalue weighted by Gasteiger charge is 2.49. The number of rotatable bonds is 2. The highest BCUT2D eigenvalue weighted by Crippen LogP contribution is 2.43. The maximum atomic E-state index is 14.1. The molecule has 1 aliphatic heterocycles. The molecule has 1 aliphatic rings. The van der Waals surface area contributed by atoms with Crippen LogP contribution in [-0.2, 0) is 4.74 Å². The van der Waals surface area contributed by atoms with Crippen LogP contribution in [0.5, 0.6) is 0 Å². The smallest absolute Gasteiger partial charge is 0.171 e. The van der Waals surface area contributed by atoms with Crippen LogP contribution < -0.4 is 0 Å². The van der Waals surface area contributed by atoms with Crippen molar-refractivity contribution in [2.24, 2.45) is 5.92 Å². The number of benzene rings is 1. The summed E-state index contributed by atoms with van der Waals surface area (Å²) in [6, 6.07) is 4.96. The molecule has 1 atom stereocenters. The van der Waals surface area contributed by atoms with Gasteiger partial charge in [-0.05, 0) is 52.7 Å². The van der Waals surface area contributed by atoms with Crippen molar-refractivity contribution in [2.45, 2.75) is 52.2 Å². The minimum atomic E-state index is -0.559. The van der Waals surface area contributed by atoms with Crippen LogP contribution in [0.2, 0.25) is 0 Å². The van der Waals surface area contributed by atoms with E-state index in [0.717, 1.165) is 0 Å². The first kappa shape index (κ1) is 14.2. The fourth-order valence-electron chi connectivity index (χ4n) is 3.00. The molecule has 0 aromatic heterocycles. The van der Waals surface area contributed by atoms with Crippen LogP contribution in [0.25, 0.3) is 0 Å². The second kappa shape index (κ2) is 4.41. The lowest BCUT2D eigenvalue weighted by Crippen LogP contribution is -2.34. The van der Waals surface area contributed by atoms with Gasteiger partial charge >= 0.3 is 0 Å². The summed E-state index contributed by atoms with van der Waals surface area (Å²) >= 11 is 0. The van der Waals surface area contributed by atoms with E-state index < -0.39 is 11.4 Å². The molecule has 0 aliphatic carbocycles. The van der Waals surface area contributed by atoms with Crippen molar-refractivity contribution in [3.8, 4) is 0 Å². The Bertz CT molecular complexity index is 517. The second-order valence-corrected chi connectivity index (χ2v) is 6.52. The van der Waals surface area contributed by atoms with Crippen molar-refractivity contribution in [1.82, 2.24) is 0 Å². The predicted molar refractivity (Wildman–Crippen MR) is 72.8 cm³/mol. The van der Waals surface area contributed by atoms with Gasteiger partial charge in [-0.15, -0.1) is 0 Å². The minimum Gasteiger partial charge on any atom is -0.369 e. The van der Waals surface area contributed by atoms with E-state index in [1.54, 1.807) is 25.1 Å². The van der Waals surface area contributed by atoms with E-state index in [1.807, 2.05) is 27.7 Å². The molecule has 0 spiro atoms. The lowest BCUT2D eigenvalue weighted by Gasteiger charge is -2.26. The van der Waals surface area contributed by atoms with Gasteiger partial charge in [0.1, 0.15) is 5.82 Å². The molecular formula is C16H21FO2. The summed E-state index contributed by atoms with van der Waals surface area (Å²) in [4.78, 5) is 12.6. The van der Waals surface area contributed by atoms with Crippen LogP contribution in [0.15, 0.2) is 18.2 Å². The number of halogens is 1. The molecule has 104 valence electrons. The third-order valence-electron chi connectivity index (χ3n) is 3.85. The third-order valence-corrected chi connectivity index (χ3v) is 3.85. The molecule has 0 amide bonds. The van der Waals surface area contributed by atoms with Gasteiger partial charge in [0.2, 0.25) is 0 Å². The average molecular weight is 264 g/mol. The van der Waals surface area contributed by atoms with E-state index >= 15 is 0 Å². The molecule has 0 radical (unpaired) electrons. The Morgan fingerprint density at radius 2 is 1.95 bits per heavy atom. The zero-order valence-corrected chi connectivity index (χ0v) is 12.2. The van der Waals surface area contributed by atoms with Crippen molar-refractivity contribution >= 4 is 5.78 Å². The highest BCUT2D eigenvalue weighted by molar-refractivity contribution is 5.99. The summed E-state index contributed by atoms with van der Waals surface area (Å²) in [5, 5.41) is 0. The summed E-state index contributed by atoms with van der Waals surface area (Å²) in [5.41, 5.74) is -0.220. The van der Waals surface area contributed by atoms with Crippen molar-refractivity contribution in [3.05, 3.63) is 35.1 Å². The molecular weight excluding hydrogens is 243 g/mol. The van der Waals surface area contributed by atoms with Crippen LogP contribution in [-0.4, -0.2) is 17.0 Å². The molecule has 2 rings (SSSR count). The topological polar surface area (TPSA) is 26.3 Å². The molecule has 1 fully saturated rings. The molecule has 1 heterocycles. The van der Waals surface area contributed by atoms with E-state index in [2.05, 4.69) is 0 Å². The van der Waals surface area contributed by atoms with Gasteiger partial charge in [-0.3, -0.25) is 4.79 Å². The van der Waals surface area contributed by atoms with Gasteiger partial charge in [0, 0.05) is 0 Å². The second-order valence-electron chi connectivity index (χ2n) is 6.52. The molecule has 3 heteroatoms. The highest BCUT2D eigenvalue weighted by atomic mass is 19.1.